The largest absolute Gasteiger partial charge is 0.444 e. The molecular weight excluding hydrogens is 523 g/mol. The normalized spacial score (nSPS) is 23.4. The Morgan fingerprint density at radius 3 is 2.52 bits per heavy atom. The van der Waals surface area contributed by atoms with Crippen molar-refractivity contribution in [3.8, 4) is 11.5 Å². The zero-order valence-corrected chi connectivity index (χ0v) is 22.1. The lowest BCUT2D eigenvalue weighted by Gasteiger charge is -2.36. The molecule has 1 saturated heterocycles. The van der Waals surface area contributed by atoms with E-state index in [1.165, 1.54) is 18.4 Å². The number of ketones is 1. The van der Waals surface area contributed by atoms with E-state index in [2.05, 4.69) is 9.97 Å². The number of oxazole rings is 1. The summed E-state index contributed by atoms with van der Waals surface area (Å²) < 4.78 is 44.1. The molecule has 10 heteroatoms. The van der Waals surface area contributed by atoms with Crippen LogP contribution in [0.25, 0.3) is 11.5 Å². The Bertz CT molecular complexity index is 1320. The van der Waals surface area contributed by atoms with Crippen molar-refractivity contribution >= 4 is 11.7 Å². The highest BCUT2D eigenvalue weighted by atomic mass is 19.4. The van der Waals surface area contributed by atoms with E-state index >= 15 is 0 Å². The van der Waals surface area contributed by atoms with Crippen LogP contribution >= 0.6 is 0 Å². The van der Waals surface area contributed by atoms with E-state index < -0.39 is 23.1 Å². The van der Waals surface area contributed by atoms with Gasteiger partial charge < -0.3 is 14.4 Å². The van der Waals surface area contributed by atoms with Gasteiger partial charge in [-0.25, -0.2) is 4.98 Å². The SMILES string of the molecule is O=C(CCC(=O)N1CCC(CC2CCC(O)(c3ccc(-c4ncco4)cn3)CC2)C1)c1cccc(C(F)(F)F)c1. The van der Waals surface area contributed by atoms with Crippen molar-refractivity contribution in [2.24, 2.45) is 11.8 Å². The summed E-state index contributed by atoms with van der Waals surface area (Å²) in [5.41, 5.74) is -0.454. The second-order valence-corrected chi connectivity index (χ2v) is 11.0. The molecule has 3 heterocycles. The number of Topliss-reactive ketones (excluding diaryl/α,β-unsaturated/α-hetero) is 1. The minimum Gasteiger partial charge on any atom is -0.444 e. The Morgan fingerprint density at radius 1 is 1.05 bits per heavy atom. The summed E-state index contributed by atoms with van der Waals surface area (Å²) in [4.78, 5) is 35.5. The van der Waals surface area contributed by atoms with Gasteiger partial charge in [-0.3, -0.25) is 14.6 Å². The van der Waals surface area contributed by atoms with Crippen molar-refractivity contribution in [1.82, 2.24) is 14.9 Å². The minimum absolute atomic E-state index is 0.0139. The number of hydrogen-bond donors (Lipinski definition) is 1. The molecule has 7 nitrogen and oxygen atoms in total. The summed E-state index contributed by atoms with van der Waals surface area (Å²) in [7, 11) is 0. The second kappa shape index (κ2) is 11.5. The number of aromatic nitrogens is 2. The molecule has 2 aromatic heterocycles. The van der Waals surface area contributed by atoms with Crippen LogP contribution in [0.1, 0.15) is 73.0 Å². The molecule has 1 atom stereocenters. The van der Waals surface area contributed by atoms with Gasteiger partial charge in [0.15, 0.2) is 5.78 Å². The van der Waals surface area contributed by atoms with Crippen molar-refractivity contribution in [2.75, 3.05) is 13.1 Å². The van der Waals surface area contributed by atoms with Gasteiger partial charge in [0.1, 0.15) is 11.9 Å². The molecule has 1 aliphatic carbocycles. The molecule has 0 spiro atoms. The molecular formula is C30H32F3N3O4. The summed E-state index contributed by atoms with van der Waals surface area (Å²) in [6.45, 7) is 1.25. The van der Waals surface area contributed by atoms with Crippen LogP contribution in [0.5, 0.6) is 0 Å². The fourth-order valence-electron chi connectivity index (χ4n) is 5.92. The highest BCUT2D eigenvalue weighted by molar-refractivity contribution is 5.98. The van der Waals surface area contributed by atoms with Gasteiger partial charge in [0.05, 0.1) is 23.0 Å². The van der Waals surface area contributed by atoms with Crippen LogP contribution in [0.4, 0.5) is 13.2 Å². The van der Waals surface area contributed by atoms with Crippen molar-refractivity contribution in [1.29, 1.82) is 0 Å². The Labute approximate surface area is 230 Å². The van der Waals surface area contributed by atoms with Crippen molar-refractivity contribution in [3.05, 3.63) is 71.9 Å². The highest BCUT2D eigenvalue weighted by Crippen LogP contribution is 2.42. The molecule has 2 fully saturated rings. The average molecular weight is 556 g/mol. The van der Waals surface area contributed by atoms with Gasteiger partial charge in [0.25, 0.3) is 0 Å². The smallest absolute Gasteiger partial charge is 0.416 e. The van der Waals surface area contributed by atoms with Crippen LogP contribution in [-0.4, -0.2) is 44.8 Å². The van der Waals surface area contributed by atoms with Gasteiger partial charge in [0, 0.05) is 37.7 Å². The lowest BCUT2D eigenvalue weighted by atomic mass is 9.74. The summed E-state index contributed by atoms with van der Waals surface area (Å²) in [6.07, 6.45) is 4.94. The average Bonchev–Trinajstić information content (AvgIpc) is 3.66. The zero-order chi connectivity index (χ0) is 28.3. The molecule has 1 saturated carbocycles. The monoisotopic (exact) mass is 555 g/mol. The lowest BCUT2D eigenvalue weighted by molar-refractivity contribution is -0.137. The number of nitrogens with zero attached hydrogens (tertiary/aromatic N) is 3. The number of amides is 1. The molecule has 1 aromatic carbocycles. The summed E-state index contributed by atoms with van der Waals surface area (Å²) in [5.74, 6) is 0.694. The zero-order valence-electron chi connectivity index (χ0n) is 22.1. The van der Waals surface area contributed by atoms with Gasteiger partial charge in [-0.15, -0.1) is 0 Å². The molecule has 212 valence electrons. The predicted molar refractivity (Wildman–Crippen MR) is 140 cm³/mol. The first kappa shape index (κ1) is 28.0. The third kappa shape index (κ3) is 6.43. The molecule has 1 N–H and O–H groups in total. The van der Waals surface area contributed by atoms with Crippen LogP contribution < -0.4 is 0 Å². The summed E-state index contributed by atoms with van der Waals surface area (Å²) >= 11 is 0. The maximum atomic E-state index is 12.9. The van der Waals surface area contributed by atoms with E-state index in [1.807, 2.05) is 12.1 Å². The number of alkyl halides is 3. The number of hydrogen-bond acceptors (Lipinski definition) is 6. The number of likely N-dealkylation sites (tertiary alicyclic amines) is 1. The minimum atomic E-state index is -4.52. The number of carbonyl (C=O) groups is 2. The highest BCUT2D eigenvalue weighted by Gasteiger charge is 2.38. The van der Waals surface area contributed by atoms with Gasteiger partial charge in [-0.2, -0.15) is 13.2 Å². The molecule has 0 radical (unpaired) electrons. The fraction of sp³-hybridized carbons (Fsp3) is 0.467. The van der Waals surface area contributed by atoms with Crippen molar-refractivity contribution < 1.29 is 32.3 Å². The molecule has 2 aliphatic rings. The van der Waals surface area contributed by atoms with Crippen LogP contribution in [0.2, 0.25) is 0 Å². The number of aliphatic hydroxyl groups is 1. The Hall–Kier alpha value is -3.53. The number of rotatable bonds is 8. The van der Waals surface area contributed by atoms with Crippen LogP contribution in [0, 0.1) is 11.8 Å². The maximum absolute atomic E-state index is 12.9. The second-order valence-electron chi connectivity index (χ2n) is 11.0. The number of halogens is 3. The Kier molecular flexibility index (Phi) is 8.07. The fourth-order valence-corrected chi connectivity index (χ4v) is 5.92. The van der Waals surface area contributed by atoms with E-state index in [1.54, 1.807) is 17.3 Å². The molecule has 40 heavy (non-hydrogen) atoms. The molecule has 3 aromatic rings. The standard InChI is InChI=1S/C30H32F3N3O4/c31-30(32,33)24-3-1-2-22(17-24)25(37)5-7-27(38)36-14-10-21(19-36)16-20-8-11-29(39,12-9-20)26-6-4-23(18-35-26)28-34-13-15-40-28/h1-4,6,13,15,17-18,20-21,39H,5,7-12,14,16,19H2. The topological polar surface area (TPSA) is 96.5 Å². The summed E-state index contributed by atoms with van der Waals surface area (Å²) in [6, 6.07) is 8.01. The summed E-state index contributed by atoms with van der Waals surface area (Å²) in [5, 5.41) is 11.3. The first-order valence-electron chi connectivity index (χ1n) is 13.7. The van der Waals surface area contributed by atoms with Crippen molar-refractivity contribution in [2.45, 2.75) is 63.1 Å². The number of benzene rings is 1. The first-order chi connectivity index (χ1) is 19.1. The van der Waals surface area contributed by atoms with Gasteiger partial charge in [0.2, 0.25) is 11.8 Å². The van der Waals surface area contributed by atoms with Gasteiger partial charge in [-0.05, 0) is 74.6 Å². The molecule has 0 bridgehead atoms. The van der Waals surface area contributed by atoms with E-state index in [0.29, 0.717) is 49.4 Å². The van der Waals surface area contributed by atoms with Crippen LogP contribution in [0.15, 0.2) is 59.5 Å². The lowest BCUT2D eigenvalue weighted by Crippen LogP contribution is -2.33. The maximum Gasteiger partial charge on any atom is 0.416 e. The van der Waals surface area contributed by atoms with E-state index in [0.717, 1.165) is 43.4 Å². The van der Waals surface area contributed by atoms with Gasteiger partial charge >= 0.3 is 6.18 Å². The van der Waals surface area contributed by atoms with Crippen molar-refractivity contribution in [3.63, 3.8) is 0 Å². The number of pyridine rings is 1. The van der Waals surface area contributed by atoms with E-state index in [4.69, 9.17) is 4.42 Å². The van der Waals surface area contributed by atoms with E-state index in [-0.39, 0.29) is 24.3 Å². The third-order valence-corrected chi connectivity index (χ3v) is 8.23. The molecule has 1 aliphatic heterocycles. The molecule has 1 unspecified atom stereocenters. The quantitative estimate of drug-likeness (QED) is 0.341. The predicted octanol–water partition coefficient (Wildman–Crippen LogP) is 6.03. The third-order valence-electron chi connectivity index (χ3n) is 8.23. The van der Waals surface area contributed by atoms with Crippen LogP contribution in [-0.2, 0) is 16.6 Å². The number of carbonyl (C=O) groups excluding carboxylic acids is 2. The van der Waals surface area contributed by atoms with Crippen LogP contribution in [0.3, 0.4) is 0 Å². The first-order valence-corrected chi connectivity index (χ1v) is 13.7. The Balaban J connectivity index is 1.06. The Morgan fingerprint density at radius 2 is 1.85 bits per heavy atom. The van der Waals surface area contributed by atoms with Gasteiger partial charge in [-0.1, -0.05) is 12.1 Å². The molecule has 5 rings (SSSR count). The molecule has 1 amide bonds. The van der Waals surface area contributed by atoms with E-state index in [9.17, 15) is 27.9 Å².